The number of hydrogen-bond donors (Lipinski definition) is 0. The van der Waals surface area contributed by atoms with Crippen LogP contribution in [0.25, 0.3) is 0 Å². The standard InChI is InChI=1S/C16H13NO2/c1-2-16(18)13-6-8-14(9-7-13)19-15-5-3-4-12(10-15)11-17/h3-10H,2H2,1H3. The molecule has 0 unspecified atom stereocenters. The van der Waals surface area contributed by atoms with E-state index in [9.17, 15) is 4.79 Å². The van der Waals surface area contributed by atoms with Gasteiger partial charge in [0.15, 0.2) is 5.78 Å². The van der Waals surface area contributed by atoms with E-state index in [0.717, 1.165) is 0 Å². The molecule has 0 aliphatic rings. The predicted molar refractivity (Wildman–Crippen MR) is 72.3 cm³/mol. The van der Waals surface area contributed by atoms with Gasteiger partial charge in [-0.2, -0.15) is 5.26 Å². The van der Waals surface area contributed by atoms with Gasteiger partial charge in [-0.25, -0.2) is 0 Å². The fourth-order valence-corrected chi connectivity index (χ4v) is 1.68. The Morgan fingerprint density at radius 1 is 1.16 bits per heavy atom. The molecule has 0 fully saturated rings. The van der Waals surface area contributed by atoms with Gasteiger partial charge in [-0.3, -0.25) is 4.79 Å². The summed E-state index contributed by atoms with van der Waals surface area (Å²) in [6.45, 7) is 1.83. The van der Waals surface area contributed by atoms with Crippen LogP contribution >= 0.6 is 0 Å². The lowest BCUT2D eigenvalue weighted by atomic mass is 10.1. The summed E-state index contributed by atoms with van der Waals surface area (Å²) in [5.74, 6) is 1.36. The fraction of sp³-hybridized carbons (Fsp3) is 0.125. The van der Waals surface area contributed by atoms with Crippen LogP contribution in [0.4, 0.5) is 0 Å². The molecule has 0 bridgehead atoms. The molecule has 0 heterocycles. The maximum atomic E-state index is 11.5. The molecule has 0 amide bonds. The van der Waals surface area contributed by atoms with E-state index in [0.29, 0.717) is 29.0 Å². The number of carbonyl (C=O) groups excluding carboxylic acids is 1. The fourth-order valence-electron chi connectivity index (χ4n) is 1.68. The van der Waals surface area contributed by atoms with Crippen LogP contribution in [0, 0.1) is 11.3 Å². The molecule has 2 rings (SSSR count). The number of nitriles is 1. The third kappa shape index (κ3) is 3.20. The molecule has 0 N–H and O–H groups in total. The Bertz CT molecular complexity index is 624. The van der Waals surface area contributed by atoms with Crippen LogP contribution in [-0.4, -0.2) is 5.78 Å². The highest BCUT2D eigenvalue weighted by Crippen LogP contribution is 2.22. The van der Waals surface area contributed by atoms with Crippen molar-refractivity contribution in [3.05, 3.63) is 59.7 Å². The van der Waals surface area contributed by atoms with E-state index in [1.54, 1.807) is 48.5 Å². The second-order valence-electron chi connectivity index (χ2n) is 4.04. The lowest BCUT2D eigenvalue weighted by molar-refractivity contribution is 0.0988. The molecular weight excluding hydrogens is 238 g/mol. The average Bonchev–Trinajstić information content (AvgIpc) is 2.47. The van der Waals surface area contributed by atoms with Crippen molar-refractivity contribution in [1.82, 2.24) is 0 Å². The molecular formula is C16H13NO2. The summed E-state index contributed by atoms with van der Waals surface area (Å²) in [4.78, 5) is 11.5. The first-order chi connectivity index (χ1) is 9.22. The molecule has 3 nitrogen and oxygen atoms in total. The molecule has 0 saturated heterocycles. The molecule has 2 aromatic carbocycles. The smallest absolute Gasteiger partial charge is 0.162 e. The minimum atomic E-state index is 0.109. The summed E-state index contributed by atoms with van der Waals surface area (Å²) in [5, 5.41) is 8.81. The zero-order chi connectivity index (χ0) is 13.7. The largest absolute Gasteiger partial charge is 0.457 e. The van der Waals surface area contributed by atoms with Gasteiger partial charge < -0.3 is 4.74 Å². The van der Waals surface area contributed by atoms with E-state index < -0.39 is 0 Å². The topological polar surface area (TPSA) is 50.1 Å². The van der Waals surface area contributed by atoms with E-state index in [1.807, 2.05) is 6.92 Å². The first-order valence-corrected chi connectivity index (χ1v) is 6.04. The van der Waals surface area contributed by atoms with Gasteiger partial charge in [-0.15, -0.1) is 0 Å². The van der Waals surface area contributed by atoms with Crippen molar-refractivity contribution in [3.63, 3.8) is 0 Å². The predicted octanol–water partition coefficient (Wildman–Crippen LogP) is 3.94. The Balaban J connectivity index is 2.15. The van der Waals surface area contributed by atoms with Crippen LogP contribution in [0.5, 0.6) is 11.5 Å². The summed E-state index contributed by atoms with van der Waals surface area (Å²) >= 11 is 0. The second kappa shape index (κ2) is 5.83. The number of ether oxygens (including phenoxy) is 1. The normalized spacial score (nSPS) is 9.68. The third-order valence-electron chi connectivity index (χ3n) is 2.70. The Morgan fingerprint density at radius 2 is 1.89 bits per heavy atom. The van der Waals surface area contributed by atoms with Gasteiger partial charge in [0.05, 0.1) is 11.6 Å². The molecule has 0 saturated carbocycles. The van der Waals surface area contributed by atoms with Crippen molar-refractivity contribution in [1.29, 1.82) is 5.26 Å². The Hall–Kier alpha value is -2.60. The number of hydrogen-bond acceptors (Lipinski definition) is 3. The van der Waals surface area contributed by atoms with Crippen molar-refractivity contribution in [2.75, 3.05) is 0 Å². The van der Waals surface area contributed by atoms with Crippen LogP contribution in [0.3, 0.4) is 0 Å². The van der Waals surface area contributed by atoms with Gasteiger partial charge >= 0.3 is 0 Å². The lowest BCUT2D eigenvalue weighted by Gasteiger charge is -2.06. The summed E-state index contributed by atoms with van der Waals surface area (Å²) in [5.41, 5.74) is 1.23. The van der Waals surface area contributed by atoms with Crippen LogP contribution in [0.15, 0.2) is 48.5 Å². The summed E-state index contributed by atoms with van der Waals surface area (Å²) in [6.07, 6.45) is 0.490. The maximum absolute atomic E-state index is 11.5. The lowest BCUT2D eigenvalue weighted by Crippen LogP contribution is -1.95. The van der Waals surface area contributed by atoms with Gasteiger partial charge in [0.25, 0.3) is 0 Å². The molecule has 0 spiro atoms. The SMILES string of the molecule is CCC(=O)c1ccc(Oc2cccc(C#N)c2)cc1. The monoisotopic (exact) mass is 251 g/mol. The molecule has 0 aromatic heterocycles. The highest BCUT2D eigenvalue weighted by molar-refractivity contribution is 5.95. The number of carbonyl (C=O) groups is 1. The molecule has 19 heavy (non-hydrogen) atoms. The highest BCUT2D eigenvalue weighted by Gasteiger charge is 2.03. The minimum absolute atomic E-state index is 0.109. The van der Waals surface area contributed by atoms with Crippen LogP contribution in [0.1, 0.15) is 29.3 Å². The average molecular weight is 251 g/mol. The number of ketones is 1. The third-order valence-corrected chi connectivity index (χ3v) is 2.70. The van der Waals surface area contributed by atoms with Crippen molar-refractivity contribution in [2.45, 2.75) is 13.3 Å². The van der Waals surface area contributed by atoms with E-state index in [1.165, 1.54) is 0 Å². The molecule has 0 aliphatic heterocycles. The number of benzene rings is 2. The van der Waals surface area contributed by atoms with Gasteiger partial charge in [0, 0.05) is 12.0 Å². The van der Waals surface area contributed by atoms with Crippen LogP contribution in [0.2, 0.25) is 0 Å². The van der Waals surface area contributed by atoms with Gasteiger partial charge in [0.1, 0.15) is 11.5 Å². The number of nitrogens with zero attached hydrogens (tertiary/aromatic N) is 1. The van der Waals surface area contributed by atoms with Crippen LogP contribution < -0.4 is 4.74 Å². The van der Waals surface area contributed by atoms with Gasteiger partial charge in [0.2, 0.25) is 0 Å². The van der Waals surface area contributed by atoms with E-state index in [-0.39, 0.29) is 5.78 Å². The van der Waals surface area contributed by atoms with Crippen molar-refractivity contribution < 1.29 is 9.53 Å². The van der Waals surface area contributed by atoms with Gasteiger partial charge in [-0.1, -0.05) is 13.0 Å². The Labute approximate surface area is 112 Å². The highest BCUT2D eigenvalue weighted by atomic mass is 16.5. The number of rotatable bonds is 4. The van der Waals surface area contributed by atoms with Crippen LogP contribution in [-0.2, 0) is 0 Å². The van der Waals surface area contributed by atoms with E-state index >= 15 is 0 Å². The zero-order valence-electron chi connectivity index (χ0n) is 10.6. The molecule has 0 radical (unpaired) electrons. The summed E-state index contributed by atoms with van der Waals surface area (Å²) < 4.78 is 5.63. The Morgan fingerprint density at radius 3 is 2.53 bits per heavy atom. The van der Waals surface area contributed by atoms with Gasteiger partial charge in [-0.05, 0) is 42.5 Å². The number of Topliss-reactive ketones (excluding diaryl/α,β-unsaturated/α-hetero) is 1. The maximum Gasteiger partial charge on any atom is 0.162 e. The minimum Gasteiger partial charge on any atom is -0.457 e. The molecule has 3 heteroatoms. The molecule has 0 atom stereocenters. The van der Waals surface area contributed by atoms with Crippen molar-refractivity contribution >= 4 is 5.78 Å². The first-order valence-electron chi connectivity index (χ1n) is 6.04. The summed E-state index contributed by atoms with van der Waals surface area (Å²) in [7, 11) is 0. The molecule has 94 valence electrons. The zero-order valence-corrected chi connectivity index (χ0v) is 10.6. The second-order valence-corrected chi connectivity index (χ2v) is 4.04. The quantitative estimate of drug-likeness (QED) is 0.773. The first kappa shape index (κ1) is 12.8. The van der Waals surface area contributed by atoms with E-state index in [4.69, 9.17) is 10.00 Å². The van der Waals surface area contributed by atoms with Crippen molar-refractivity contribution in [3.8, 4) is 17.6 Å². The van der Waals surface area contributed by atoms with Crippen molar-refractivity contribution in [2.24, 2.45) is 0 Å². The summed E-state index contributed by atoms with van der Waals surface area (Å²) in [6, 6.07) is 16.0. The molecule has 0 aliphatic carbocycles. The Kier molecular flexibility index (Phi) is 3.94. The van der Waals surface area contributed by atoms with E-state index in [2.05, 4.69) is 6.07 Å². The molecule has 2 aromatic rings.